The highest BCUT2D eigenvalue weighted by Crippen LogP contribution is 2.21. The van der Waals surface area contributed by atoms with Crippen LogP contribution in [0.25, 0.3) is 0 Å². The summed E-state index contributed by atoms with van der Waals surface area (Å²) < 4.78 is 35.4. The molecule has 0 aliphatic heterocycles. The van der Waals surface area contributed by atoms with Crippen LogP contribution < -0.4 is 0 Å². The number of ketones is 1. The maximum Gasteiger partial charge on any atom is 0.395 e. The van der Waals surface area contributed by atoms with Gasteiger partial charge in [0.1, 0.15) is 12.2 Å². The number of hydrogen-bond acceptors (Lipinski definition) is 2. The minimum Gasteiger partial charge on any atom is -0.299 e. The number of halogens is 3. The Morgan fingerprint density at radius 3 is 2.06 bits per heavy atom. The molecule has 0 atom stereocenters. The number of carbonyl (C=O) groups is 1. The minimum absolute atomic E-state index is 0.0255. The summed E-state index contributed by atoms with van der Waals surface area (Å²) in [5, 5.41) is 8.28. The monoisotopic (exact) mass is 249 g/mol. The fraction of sp³-hybridized carbons (Fsp3) is 0.833. The van der Waals surface area contributed by atoms with Crippen molar-refractivity contribution in [2.45, 2.75) is 64.0 Å². The third-order valence-corrected chi connectivity index (χ3v) is 2.39. The lowest BCUT2D eigenvalue weighted by Crippen LogP contribution is -2.14. The first kappa shape index (κ1) is 16.0. The van der Waals surface area contributed by atoms with Crippen LogP contribution in [0, 0.1) is 11.3 Å². The zero-order chi connectivity index (χ0) is 13.1. The van der Waals surface area contributed by atoms with Gasteiger partial charge in [0.2, 0.25) is 0 Å². The molecule has 0 saturated heterocycles. The van der Waals surface area contributed by atoms with Crippen molar-refractivity contribution in [3.63, 3.8) is 0 Å². The molecule has 0 unspecified atom stereocenters. The lowest BCUT2D eigenvalue weighted by atomic mass is 10.1. The van der Waals surface area contributed by atoms with Crippen molar-refractivity contribution < 1.29 is 18.0 Å². The first-order valence-electron chi connectivity index (χ1n) is 5.91. The highest BCUT2D eigenvalue weighted by molar-refractivity contribution is 5.78. The van der Waals surface area contributed by atoms with Crippen molar-refractivity contribution >= 4 is 5.78 Å². The van der Waals surface area contributed by atoms with Gasteiger partial charge in [-0.2, -0.15) is 18.4 Å². The summed E-state index contributed by atoms with van der Waals surface area (Å²) in [7, 11) is 0. The SMILES string of the molecule is N#CCCCCCCCCC(=O)CC(F)(F)F. The Morgan fingerprint density at radius 2 is 1.53 bits per heavy atom. The third kappa shape index (κ3) is 12.9. The molecule has 5 heteroatoms. The zero-order valence-corrected chi connectivity index (χ0v) is 9.85. The lowest BCUT2D eigenvalue weighted by molar-refractivity contribution is -0.152. The Hall–Kier alpha value is -1.05. The Kier molecular flexibility index (Phi) is 8.47. The number of unbranched alkanes of at least 4 members (excludes halogenated alkanes) is 6. The number of alkyl halides is 3. The Balaban J connectivity index is 3.29. The molecule has 0 bridgehead atoms. The highest BCUT2D eigenvalue weighted by atomic mass is 19.4. The van der Waals surface area contributed by atoms with E-state index in [9.17, 15) is 18.0 Å². The van der Waals surface area contributed by atoms with Crippen molar-refractivity contribution in [1.82, 2.24) is 0 Å². The number of hydrogen-bond donors (Lipinski definition) is 0. The average molecular weight is 249 g/mol. The van der Waals surface area contributed by atoms with Gasteiger partial charge in [-0.1, -0.05) is 25.7 Å². The molecule has 0 aromatic rings. The van der Waals surface area contributed by atoms with Gasteiger partial charge in [0.15, 0.2) is 0 Å². The molecule has 0 aliphatic rings. The molecule has 0 aromatic carbocycles. The van der Waals surface area contributed by atoms with E-state index in [0.717, 1.165) is 32.1 Å². The largest absolute Gasteiger partial charge is 0.395 e. The van der Waals surface area contributed by atoms with E-state index >= 15 is 0 Å². The second kappa shape index (κ2) is 9.03. The average Bonchev–Trinajstić information content (AvgIpc) is 2.19. The smallest absolute Gasteiger partial charge is 0.299 e. The molecule has 0 aliphatic carbocycles. The second-order valence-electron chi connectivity index (χ2n) is 4.11. The molecule has 2 nitrogen and oxygen atoms in total. The standard InChI is InChI=1S/C12H18F3NO/c13-12(14,15)10-11(17)8-6-4-2-1-3-5-7-9-16/h1-8,10H2. The maximum absolute atomic E-state index is 11.8. The number of rotatable bonds is 9. The van der Waals surface area contributed by atoms with Crippen molar-refractivity contribution in [2.24, 2.45) is 0 Å². The molecular weight excluding hydrogens is 231 g/mol. The molecule has 0 aromatic heterocycles. The van der Waals surface area contributed by atoms with Crippen molar-refractivity contribution in [3.8, 4) is 6.07 Å². The van der Waals surface area contributed by atoms with Crippen molar-refractivity contribution in [2.75, 3.05) is 0 Å². The molecular formula is C12H18F3NO. The summed E-state index contributed by atoms with van der Waals surface area (Å²) in [5.74, 6) is -0.720. The van der Waals surface area contributed by atoms with Crippen LogP contribution in [0.15, 0.2) is 0 Å². The van der Waals surface area contributed by atoms with Crippen LogP contribution in [0.5, 0.6) is 0 Å². The van der Waals surface area contributed by atoms with Gasteiger partial charge in [-0.15, -0.1) is 0 Å². The summed E-state index contributed by atoms with van der Waals surface area (Å²) in [5.41, 5.74) is 0. The maximum atomic E-state index is 11.8. The molecule has 17 heavy (non-hydrogen) atoms. The van der Waals surface area contributed by atoms with Gasteiger partial charge in [-0.05, 0) is 12.8 Å². The Bertz CT molecular complexity index is 255. The van der Waals surface area contributed by atoms with E-state index in [-0.39, 0.29) is 6.42 Å². The van der Waals surface area contributed by atoms with E-state index in [2.05, 4.69) is 6.07 Å². The van der Waals surface area contributed by atoms with Crippen LogP contribution in [0.3, 0.4) is 0 Å². The highest BCUT2D eigenvalue weighted by Gasteiger charge is 2.30. The van der Waals surface area contributed by atoms with Gasteiger partial charge < -0.3 is 0 Å². The fourth-order valence-corrected chi connectivity index (χ4v) is 1.55. The van der Waals surface area contributed by atoms with Crippen molar-refractivity contribution in [3.05, 3.63) is 0 Å². The van der Waals surface area contributed by atoms with Gasteiger partial charge in [-0.3, -0.25) is 4.79 Å². The van der Waals surface area contributed by atoms with Gasteiger partial charge in [0.05, 0.1) is 6.07 Å². The van der Waals surface area contributed by atoms with Gasteiger partial charge in [0.25, 0.3) is 0 Å². The second-order valence-corrected chi connectivity index (χ2v) is 4.11. The quantitative estimate of drug-likeness (QED) is 0.576. The summed E-state index contributed by atoms with van der Waals surface area (Å²) in [4.78, 5) is 10.9. The molecule has 0 N–H and O–H groups in total. The van der Waals surface area contributed by atoms with Crippen LogP contribution in [-0.4, -0.2) is 12.0 Å². The molecule has 0 rings (SSSR count). The number of Topliss-reactive ketones (excluding diaryl/α,β-unsaturated/α-hetero) is 1. The Morgan fingerprint density at radius 1 is 1.00 bits per heavy atom. The van der Waals surface area contributed by atoms with Crippen LogP contribution in [0.2, 0.25) is 0 Å². The number of nitriles is 1. The number of nitrogens with zero attached hydrogens (tertiary/aromatic N) is 1. The van der Waals surface area contributed by atoms with E-state index in [4.69, 9.17) is 5.26 Å². The van der Waals surface area contributed by atoms with Crippen LogP contribution in [0.4, 0.5) is 13.2 Å². The summed E-state index contributed by atoms with van der Waals surface area (Å²) in [6.45, 7) is 0. The van der Waals surface area contributed by atoms with Gasteiger partial charge in [0, 0.05) is 12.8 Å². The van der Waals surface area contributed by atoms with Crippen molar-refractivity contribution in [1.29, 1.82) is 5.26 Å². The van der Waals surface area contributed by atoms with Gasteiger partial charge in [-0.25, -0.2) is 0 Å². The van der Waals surface area contributed by atoms with Gasteiger partial charge >= 0.3 is 6.18 Å². The predicted octanol–water partition coefficient (Wildman–Crippen LogP) is 4.15. The molecule has 0 radical (unpaired) electrons. The summed E-state index contributed by atoms with van der Waals surface area (Å²) in [6, 6.07) is 2.06. The molecule has 0 fully saturated rings. The molecule has 0 amide bonds. The normalized spacial score (nSPS) is 11.2. The minimum atomic E-state index is -4.37. The van der Waals surface area contributed by atoms with E-state index in [0.29, 0.717) is 12.8 Å². The fourth-order valence-electron chi connectivity index (χ4n) is 1.55. The number of carbonyl (C=O) groups excluding carboxylic acids is 1. The molecule has 0 spiro atoms. The van der Waals surface area contributed by atoms with Crippen LogP contribution >= 0.6 is 0 Å². The van der Waals surface area contributed by atoms with E-state index in [1.54, 1.807) is 0 Å². The topological polar surface area (TPSA) is 40.9 Å². The summed E-state index contributed by atoms with van der Waals surface area (Å²) in [6.07, 6.45) is 0.00205. The molecule has 0 heterocycles. The first-order chi connectivity index (χ1) is 7.95. The summed E-state index contributed by atoms with van der Waals surface area (Å²) >= 11 is 0. The molecule has 98 valence electrons. The Labute approximate surface area is 99.8 Å². The first-order valence-corrected chi connectivity index (χ1v) is 5.91. The van der Waals surface area contributed by atoms with E-state index in [1.165, 1.54) is 0 Å². The van der Waals surface area contributed by atoms with Crippen LogP contribution in [-0.2, 0) is 4.79 Å². The lowest BCUT2D eigenvalue weighted by Gasteiger charge is -2.05. The zero-order valence-electron chi connectivity index (χ0n) is 9.85. The predicted molar refractivity (Wildman–Crippen MR) is 58.2 cm³/mol. The van der Waals surface area contributed by atoms with E-state index < -0.39 is 18.4 Å². The van der Waals surface area contributed by atoms with E-state index in [1.807, 2.05) is 0 Å². The van der Waals surface area contributed by atoms with Crippen LogP contribution in [0.1, 0.15) is 57.8 Å². The molecule has 0 saturated carbocycles. The third-order valence-electron chi connectivity index (χ3n) is 2.39.